The molecule has 1 aromatic carbocycles. The van der Waals surface area contributed by atoms with Gasteiger partial charge in [0.2, 0.25) is 0 Å². The summed E-state index contributed by atoms with van der Waals surface area (Å²) in [6.45, 7) is 4.07. The van der Waals surface area contributed by atoms with E-state index in [1.165, 1.54) is 32.1 Å². The number of hydrogen-bond donors (Lipinski definition) is 1. The van der Waals surface area contributed by atoms with Crippen molar-refractivity contribution in [2.75, 3.05) is 5.32 Å². The molecule has 0 heterocycles. The van der Waals surface area contributed by atoms with Gasteiger partial charge in [0.1, 0.15) is 0 Å². The third-order valence-electron chi connectivity index (χ3n) is 4.29. The molecule has 0 radical (unpaired) electrons. The number of anilines is 1. The van der Waals surface area contributed by atoms with Crippen molar-refractivity contribution in [3.63, 3.8) is 0 Å². The van der Waals surface area contributed by atoms with Crippen LogP contribution in [-0.4, -0.2) is 11.0 Å². The van der Waals surface area contributed by atoms with Crippen LogP contribution in [0.3, 0.4) is 0 Å². The minimum Gasteiger partial charge on any atom is -0.382 e. The van der Waals surface area contributed by atoms with E-state index in [0.29, 0.717) is 6.04 Å². The van der Waals surface area contributed by atoms with Gasteiger partial charge < -0.3 is 5.32 Å². The van der Waals surface area contributed by atoms with E-state index in [1.54, 1.807) is 12.1 Å². The molecule has 1 aliphatic rings. The van der Waals surface area contributed by atoms with E-state index in [1.807, 2.05) is 13.0 Å². The normalized spacial score (nSPS) is 23.1. The van der Waals surface area contributed by atoms with Crippen LogP contribution in [0.1, 0.15) is 44.6 Å². The van der Waals surface area contributed by atoms with E-state index >= 15 is 0 Å². The molecule has 1 fully saturated rings. The number of nitro groups is 1. The van der Waals surface area contributed by atoms with Crippen molar-refractivity contribution in [1.82, 2.24) is 0 Å². The van der Waals surface area contributed by atoms with Gasteiger partial charge >= 0.3 is 0 Å². The standard InChI is InChI=1S/C15H22N2O2/c1-3-12-7-9-13(10-8-12)16-14-5-4-6-15(11(14)2)17(18)19/h4-6,12-13,16H,3,7-10H2,1-2H3. The summed E-state index contributed by atoms with van der Waals surface area (Å²) in [6, 6.07) is 5.72. The van der Waals surface area contributed by atoms with Crippen molar-refractivity contribution in [2.24, 2.45) is 5.92 Å². The first-order chi connectivity index (χ1) is 9.11. The Kier molecular flexibility index (Phi) is 4.40. The second-order valence-electron chi connectivity index (χ2n) is 5.48. The molecule has 1 saturated carbocycles. The monoisotopic (exact) mass is 262 g/mol. The molecule has 4 heteroatoms. The average Bonchev–Trinajstić information content (AvgIpc) is 2.41. The van der Waals surface area contributed by atoms with E-state index < -0.39 is 0 Å². The van der Waals surface area contributed by atoms with Gasteiger partial charge in [-0.1, -0.05) is 19.4 Å². The molecule has 0 saturated heterocycles. The highest BCUT2D eigenvalue weighted by atomic mass is 16.6. The Morgan fingerprint density at radius 3 is 2.58 bits per heavy atom. The maximum atomic E-state index is 10.9. The van der Waals surface area contributed by atoms with Crippen molar-refractivity contribution < 1.29 is 4.92 Å². The van der Waals surface area contributed by atoms with Crippen LogP contribution in [0.2, 0.25) is 0 Å². The first kappa shape index (κ1) is 13.8. The Bertz CT molecular complexity index is 451. The molecule has 0 aromatic heterocycles. The minimum atomic E-state index is -0.311. The molecule has 0 amide bonds. The van der Waals surface area contributed by atoms with Crippen LogP contribution in [0.15, 0.2) is 18.2 Å². The molecule has 0 bridgehead atoms. The number of nitrogens with zero attached hydrogens (tertiary/aromatic N) is 1. The molecule has 1 aliphatic carbocycles. The fraction of sp³-hybridized carbons (Fsp3) is 0.600. The lowest BCUT2D eigenvalue weighted by Crippen LogP contribution is -2.26. The summed E-state index contributed by atoms with van der Waals surface area (Å²) in [5.74, 6) is 0.865. The number of nitro benzene ring substituents is 1. The molecule has 0 aliphatic heterocycles. The maximum absolute atomic E-state index is 10.9. The van der Waals surface area contributed by atoms with Crippen molar-refractivity contribution in [2.45, 2.75) is 52.0 Å². The lowest BCUT2D eigenvalue weighted by atomic mass is 9.84. The van der Waals surface area contributed by atoms with Crippen LogP contribution in [0, 0.1) is 23.0 Å². The third-order valence-corrected chi connectivity index (χ3v) is 4.29. The van der Waals surface area contributed by atoms with E-state index in [9.17, 15) is 10.1 Å². The van der Waals surface area contributed by atoms with E-state index in [4.69, 9.17) is 0 Å². The fourth-order valence-corrected chi connectivity index (χ4v) is 2.91. The second-order valence-corrected chi connectivity index (χ2v) is 5.48. The zero-order chi connectivity index (χ0) is 13.8. The van der Waals surface area contributed by atoms with Crippen LogP contribution in [-0.2, 0) is 0 Å². The van der Waals surface area contributed by atoms with Crippen LogP contribution in [0.25, 0.3) is 0 Å². The van der Waals surface area contributed by atoms with Crippen LogP contribution in [0.4, 0.5) is 11.4 Å². The SMILES string of the molecule is CCC1CCC(Nc2cccc([N+](=O)[O-])c2C)CC1. The molecule has 19 heavy (non-hydrogen) atoms. The highest BCUT2D eigenvalue weighted by Crippen LogP contribution is 2.31. The first-order valence-electron chi connectivity index (χ1n) is 7.12. The van der Waals surface area contributed by atoms with Gasteiger partial charge in [0.15, 0.2) is 0 Å². The van der Waals surface area contributed by atoms with Crippen molar-refractivity contribution in [3.8, 4) is 0 Å². The molecule has 104 valence electrons. The molecule has 1 N–H and O–H groups in total. The van der Waals surface area contributed by atoms with E-state index in [-0.39, 0.29) is 10.6 Å². The van der Waals surface area contributed by atoms with Gasteiger partial charge in [0.05, 0.1) is 4.92 Å². The fourth-order valence-electron chi connectivity index (χ4n) is 2.91. The molecule has 0 unspecified atom stereocenters. The summed E-state index contributed by atoms with van der Waals surface area (Å²) in [6.07, 6.45) is 6.13. The molecule has 1 aromatic rings. The van der Waals surface area contributed by atoms with Crippen LogP contribution >= 0.6 is 0 Å². The summed E-state index contributed by atoms with van der Waals surface area (Å²) in [5, 5.41) is 14.4. The van der Waals surface area contributed by atoms with Gasteiger partial charge in [0.25, 0.3) is 5.69 Å². The zero-order valence-corrected chi connectivity index (χ0v) is 11.7. The Balaban J connectivity index is 2.04. The summed E-state index contributed by atoms with van der Waals surface area (Å²) in [4.78, 5) is 10.6. The van der Waals surface area contributed by atoms with Crippen molar-refractivity contribution in [1.29, 1.82) is 0 Å². The number of nitrogens with one attached hydrogen (secondary N) is 1. The predicted octanol–water partition coefficient (Wildman–Crippen LogP) is 4.28. The minimum absolute atomic E-state index is 0.201. The van der Waals surface area contributed by atoms with Gasteiger partial charge in [-0.15, -0.1) is 0 Å². The van der Waals surface area contributed by atoms with Gasteiger partial charge in [-0.3, -0.25) is 10.1 Å². The quantitative estimate of drug-likeness (QED) is 0.650. The largest absolute Gasteiger partial charge is 0.382 e. The van der Waals surface area contributed by atoms with Crippen LogP contribution in [0.5, 0.6) is 0 Å². The Labute approximate surface area is 114 Å². The summed E-state index contributed by atoms with van der Waals surface area (Å²) < 4.78 is 0. The average molecular weight is 262 g/mol. The highest BCUT2D eigenvalue weighted by Gasteiger charge is 2.21. The Morgan fingerprint density at radius 1 is 1.32 bits per heavy atom. The second kappa shape index (κ2) is 6.04. The first-order valence-corrected chi connectivity index (χ1v) is 7.12. The number of benzene rings is 1. The lowest BCUT2D eigenvalue weighted by Gasteiger charge is -2.29. The third kappa shape index (κ3) is 3.25. The highest BCUT2D eigenvalue weighted by molar-refractivity contribution is 5.60. The van der Waals surface area contributed by atoms with Gasteiger partial charge in [-0.2, -0.15) is 0 Å². The summed E-state index contributed by atoms with van der Waals surface area (Å²) in [5.41, 5.74) is 1.85. The summed E-state index contributed by atoms with van der Waals surface area (Å²) >= 11 is 0. The number of rotatable bonds is 4. The van der Waals surface area contributed by atoms with Crippen molar-refractivity contribution in [3.05, 3.63) is 33.9 Å². The summed E-state index contributed by atoms with van der Waals surface area (Å²) in [7, 11) is 0. The molecular formula is C15H22N2O2. The van der Waals surface area contributed by atoms with Crippen molar-refractivity contribution >= 4 is 11.4 Å². The smallest absolute Gasteiger partial charge is 0.274 e. The maximum Gasteiger partial charge on any atom is 0.274 e. The van der Waals surface area contributed by atoms with Gasteiger partial charge in [-0.05, 0) is 44.6 Å². The molecule has 4 nitrogen and oxygen atoms in total. The molecule has 0 atom stereocenters. The zero-order valence-electron chi connectivity index (χ0n) is 11.7. The molecular weight excluding hydrogens is 240 g/mol. The van der Waals surface area contributed by atoms with Gasteiger partial charge in [-0.25, -0.2) is 0 Å². The van der Waals surface area contributed by atoms with Gasteiger partial charge in [0, 0.05) is 23.4 Å². The Hall–Kier alpha value is -1.58. The molecule has 0 spiro atoms. The predicted molar refractivity (Wildman–Crippen MR) is 77.5 cm³/mol. The molecule has 2 rings (SSSR count). The Morgan fingerprint density at radius 2 is 2.00 bits per heavy atom. The van der Waals surface area contributed by atoms with Crippen LogP contribution < -0.4 is 5.32 Å². The number of hydrogen-bond acceptors (Lipinski definition) is 3. The van der Waals surface area contributed by atoms with E-state index in [0.717, 1.165) is 17.2 Å². The topological polar surface area (TPSA) is 55.2 Å². The lowest BCUT2D eigenvalue weighted by molar-refractivity contribution is -0.385. The van der Waals surface area contributed by atoms with E-state index in [2.05, 4.69) is 12.2 Å².